The van der Waals surface area contributed by atoms with E-state index in [1.165, 1.54) is 0 Å². The predicted octanol–water partition coefficient (Wildman–Crippen LogP) is 3.48. The van der Waals surface area contributed by atoms with Crippen LogP contribution in [0.3, 0.4) is 0 Å². The number of hydrogen-bond donors (Lipinski definition) is 1. The number of carbonyl (C=O) groups is 2. The average Bonchev–Trinajstić information content (AvgIpc) is 2.65. The summed E-state index contributed by atoms with van der Waals surface area (Å²) in [4.78, 5) is 29.6. The Kier molecular flexibility index (Phi) is 7.81. The van der Waals surface area contributed by atoms with Crippen LogP contribution in [0.25, 0.3) is 0 Å². The Labute approximate surface area is 176 Å². The number of piperazine rings is 1. The van der Waals surface area contributed by atoms with E-state index >= 15 is 0 Å². The molecule has 8 heteroatoms. The SMILES string of the molecule is CC1NCCN(C(=O)C2CCCN(C(=O)c3ccc(Cl)c(Cl)c3)C2)C1C.Cl. The maximum Gasteiger partial charge on any atom is 0.253 e. The van der Waals surface area contributed by atoms with Gasteiger partial charge >= 0.3 is 0 Å². The van der Waals surface area contributed by atoms with Crippen LogP contribution in [-0.4, -0.2) is 59.9 Å². The highest BCUT2D eigenvalue weighted by Crippen LogP contribution is 2.26. The van der Waals surface area contributed by atoms with Gasteiger partial charge in [-0.1, -0.05) is 23.2 Å². The van der Waals surface area contributed by atoms with E-state index in [1.54, 1.807) is 23.1 Å². The van der Waals surface area contributed by atoms with E-state index in [9.17, 15) is 9.59 Å². The van der Waals surface area contributed by atoms with Crippen molar-refractivity contribution in [2.24, 2.45) is 5.92 Å². The van der Waals surface area contributed by atoms with Crippen LogP contribution in [0, 0.1) is 5.92 Å². The first-order chi connectivity index (χ1) is 12.4. The number of carbonyl (C=O) groups excluding carboxylic acids is 2. The lowest BCUT2D eigenvalue weighted by molar-refractivity contribution is -0.140. The van der Waals surface area contributed by atoms with Crippen molar-refractivity contribution in [3.63, 3.8) is 0 Å². The quantitative estimate of drug-likeness (QED) is 0.775. The minimum Gasteiger partial charge on any atom is -0.338 e. The smallest absolute Gasteiger partial charge is 0.253 e. The molecule has 1 N–H and O–H groups in total. The van der Waals surface area contributed by atoms with E-state index in [4.69, 9.17) is 23.2 Å². The fraction of sp³-hybridized carbons (Fsp3) is 0.579. The zero-order valence-electron chi connectivity index (χ0n) is 15.6. The molecule has 1 aromatic rings. The molecule has 0 saturated carbocycles. The normalized spacial score (nSPS) is 25.7. The summed E-state index contributed by atoms with van der Waals surface area (Å²) >= 11 is 12.0. The van der Waals surface area contributed by atoms with E-state index < -0.39 is 0 Å². The summed E-state index contributed by atoms with van der Waals surface area (Å²) in [6.07, 6.45) is 1.66. The predicted molar refractivity (Wildman–Crippen MR) is 111 cm³/mol. The lowest BCUT2D eigenvalue weighted by Crippen LogP contribution is -2.59. The van der Waals surface area contributed by atoms with Gasteiger partial charge in [0, 0.05) is 43.8 Å². The molecule has 0 bridgehead atoms. The van der Waals surface area contributed by atoms with Gasteiger partial charge in [0.25, 0.3) is 5.91 Å². The van der Waals surface area contributed by atoms with Crippen LogP contribution < -0.4 is 5.32 Å². The molecule has 2 amide bonds. The summed E-state index contributed by atoms with van der Waals surface area (Å²) in [7, 11) is 0. The first-order valence-electron chi connectivity index (χ1n) is 9.16. The second-order valence-electron chi connectivity index (χ2n) is 7.23. The van der Waals surface area contributed by atoms with Gasteiger partial charge < -0.3 is 15.1 Å². The van der Waals surface area contributed by atoms with Gasteiger partial charge in [0.15, 0.2) is 0 Å². The van der Waals surface area contributed by atoms with Crippen molar-refractivity contribution in [1.82, 2.24) is 15.1 Å². The zero-order chi connectivity index (χ0) is 18.8. The topological polar surface area (TPSA) is 52.7 Å². The van der Waals surface area contributed by atoms with Gasteiger partial charge in [-0.2, -0.15) is 0 Å². The summed E-state index contributed by atoms with van der Waals surface area (Å²) in [6, 6.07) is 5.36. The average molecular weight is 435 g/mol. The minimum atomic E-state index is -0.136. The lowest BCUT2D eigenvalue weighted by atomic mass is 9.94. The monoisotopic (exact) mass is 433 g/mol. The second-order valence-corrected chi connectivity index (χ2v) is 8.05. The number of benzene rings is 1. The van der Waals surface area contributed by atoms with Crippen LogP contribution in [0.15, 0.2) is 18.2 Å². The maximum absolute atomic E-state index is 13.0. The Bertz CT molecular complexity index is 701. The Morgan fingerprint density at radius 2 is 1.89 bits per heavy atom. The first-order valence-corrected chi connectivity index (χ1v) is 9.92. The van der Waals surface area contributed by atoms with E-state index in [2.05, 4.69) is 19.2 Å². The molecule has 2 heterocycles. The number of piperidine rings is 1. The van der Waals surface area contributed by atoms with Crippen molar-refractivity contribution in [3.8, 4) is 0 Å². The largest absolute Gasteiger partial charge is 0.338 e. The number of halogens is 3. The van der Waals surface area contributed by atoms with Gasteiger partial charge in [-0.25, -0.2) is 0 Å². The molecule has 3 rings (SSSR count). The van der Waals surface area contributed by atoms with Crippen LogP contribution in [0.5, 0.6) is 0 Å². The molecule has 2 aliphatic rings. The number of amides is 2. The van der Waals surface area contributed by atoms with Gasteiger partial charge in [-0.05, 0) is 44.9 Å². The van der Waals surface area contributed by atoms with Crippen LogP contribution in [-0.2, 0) is 4.79 Å². The molecule has 27 heavy (non-hydrogen) atoms. The molecule has 2 fully saturated rings. The molecule has 3 atom stereocenters. The summed E-state index contributed by atoms with van der Waals surface area (Å²) in [5.41, 5.74) is 0.511. The van der Waals surface area contributed by atoms with Gasteiger partial charge in [0.05, 0.1) is 16.0 Å². The summed E-state index contributed by atoms with van der Waals surface area (Å²) in [6.45, 7) is 6.85. The molecule has 1 aromatic carbocycles. The number of nitrogens with zero attached hydrogens (tertiary/aromatic N) is 2. The molecule has 0 aliphatic carbocycles. The van der Waals surface area contributed by atoms with Crippen LogP contribution in [0.2, 0.25) is 10.0 Å². The fourth-order valence-electron chi connectivity index (χ4n) is 3.78. The van der Waals surface area contributed by atoms with Crippen molar-refractivity contribution in [3.05, 3.63) is 33.8 Å². The molecule has 3 unspecified atom stereocenters. The molecular weight excluding hydrogens is 409 g/mol. The van der Waals surface area contributed by atoms with E-state index in [0.29, 0.717) is 28.7 Å². The molecule has 2 aliphatic heterocycles. The van der Waals surface area contributed by atoms with E-state index in [1.807, 2.05) is 4.90 Å². The molecule has 0 spiro atoms. The second kappa shape index (κ2) is 9.46. The van der Waals surface area contributed by atoms with Gasteiger partial charge in [-0.15, -0.1) is 12.4 Å². The zero-order valence-corrected chi connectivity index (χ0v) is 17.9. The Morgan fingerprint density at radius 1 is 1.15 bits per heavy atom. The highest BCUT2D eigenvalue weighted by Gasteiger charge is 2.35. The third-order valence-electron chi connectivity index (χ3n) is 5.54. The van der Waals surface area contributed by atoms with Gasteiger partial charge in [-0.3, -0.25) is 9.59 Å². The first kappa shape index (κ1) is 22.3. The molecule has 0 aromatic heterocycles. The van der Waals surface area contributed by atoms with Crippen LogP contribution in [0.4, 0.5) is 0 Å². The van der Waals surface area contributed by atoms with E-state index in [-0.39, 0.29) is 42.2 Å². The Balaban J connectivity index is 0.00000261. The van der Waals surface area contributed by atoms with Gasteiger partial charge in [0.2, 0.25) is 5.91 Å². The van der Waals surface area contributed by atoms with Crippen molar-refractivity contribution < 1.29 is 9.59 Å². The van der Waals surface area contributed by atoms with Crippen molar-refractivity contribution >= 4 is 47.4 Å². The van der Waals surface area contributed by atoms with Crippen molar-refractivity contribution in [2.75, 3.05) is 26.2 Å². The number of likely N-dealkylation sites (tertiary alicyclic amines) is 1. The fourth-order valence-corrected chi connectivity index (χ4v) is 4.08. The highest BCUT2D eigenvalue weighted by molar-refractivity contribution is 6.42. The van der Waals surface area contributed by atoms with Crippen molar-refractivity contribution in [2.45, 2.75) is 38.8 Å². The molecular formula is C19H26Cl3N3O2. The minimum absolute atomic E-state index is 0. The number of nitrogens with one attached hydrogen (secondary N) is 1. The number of rotatable bonds is 2. The molecule has 150 valence electrons. The van der Waals surface area contributed by atoms with Crippen LogP contribution in [0.1, 0.15) is 37.0 Å². The molecule has 5 nitrogen and oxygen atoms in total. The van der Waals surface area contributed by atoms with Gasteiger partial charge in [0.1, 0.15) is 0 Å². The number of hydrogen-bond acceptors (Lipinski definition) is 3. The lowest BCUT2D eigenvalue weighted by Gasteiger charge is -2.42. The highest BCUT2D eigenvalue weighted by atomic mass is 35.5. The van der Waals surface area contributed by atoms with E-state index in [0.717, 1.165) is 25.9 Å². The van der Waals surface area contributed by atoms with Crippen LogP contribution >= 0.6 is 35.6 Å². The summed E-state index contributed by atoms with van der Waals surface area (Å²) in [5.74, 6) is -0.0662. The Hall–Kier alpha value is -1.01. The third-order valence-corrected chi connectivity index (χ3v) is 6.28. The maximum atomic E-state index is 13.0. The standard InChI is InChI=1S/C19H25Cl2N3O2.ClH/c1-12-13(2)24(9-7-22-12)19(26)15-4-3-8-23(11-15)18(25)14-5-6-16(20)17(21)10-14;/h5-6,10,12-13,15,22H,3-4,7-9,11H2,1-2H3;1H. The van der Waals surface area contributed by atoms with Crippen molar-refractivity contribution in [1.29, 1.82) is 0 Å². The Morgan fingerprint density at radius 3 is 2.59 bits per heavy atom. The molecule has 0 radical (unpaired) electrons. The molecule has 2 saturated heterocycles. The summed E-state index contributed by atoms with van der Waals surface area (Å²) < 4.78 is 0. The summed E-state index contributed by atoms with van der Waals surface area (Å²) in [5, 5.41) is 4.19. The third kappa shape index (κ3) is 4.89.